The van der Waals surface area contributed by atoms with Gasteiger partial charge in [-0.1, -0.05) is 23.7 Å². The van der Waals surface area contributed by atoms with E-state index in [2.05, 4.69) is 10.6 Å². The average Bonchev–Trinajstić information content (AvgIpc) is 3.03. The zero-order valence-electron chi connectivity index (χ0n) is 15.1. The van der Waals surface area contributed by atoms with Crippen LogP contribution in [0, 0.1) is 0 Å². The molecule has 0 aliphatic carbocycles. The monoisotopic (exact) mass is 387 g/mol. The summed E-state index contributed by atoms with van der Waals surface area (Å²) >= 11 is 5.89. The van der Waals surface area contributed by atoms with E-state index in [0.717, 1.165) is 23.4 Å². The molecular formula is C20H22ClN3O3. The first-order chi connectivity index (χ1) is 13.0. The highest BCUT2D eigenvalue weighted by Crippen LogP contribution is 2.23. The highest BCUT2D eigenvalue weighted by molar-refractivity contribution is 6.30. The molecule has 2 aromatic rings. The Balaban J connectivity index is 1.44. The van der Waals surface area contributed by atoms with Crippen LogP contribution in [0.15, 0.2) is 48.5 Å². The SMILES string of the molecule is COc1ccc(CCNC(=O)NC2CC(=O)N(c3ccc(Cl)cc3)C2)cc1. The molecule has 1 heterocycles. The number of carbonyl (C=O) groups excluding carboxylic acids is 2. The van der Waals surface area contributed by atoms with E-state index < -0.39 is 0 Å². The van der Waals surface area contributed by atoms with E-state index in [1.165, 1.54) is 0 Å². The van der Waals surface area contributed by atoms with Crippen LogP contribution in [0.5, 0.6) is 5.75 Å². The van der Waals surface area contributed by atoms with E-state index in [4.69, 9.17) is 16.3 Å². The summed E-state index contributed by atoms with van der Waals surface area (Å²) in [7, 11) is 1.63. The Morgan fingerprint density at radius 3 is 2.56 bits per heavy atom. The van der Waals surface area contributed by atoms with Crippen LogP contribution in [-0.2, 0) is 11.2 Å². The number of benzene rings is 2. The molecule has 0 aromatic heterocycles. The van der Waals surface area contributed by atoms with Crippen molar-refractivity contribution in [1.82, 2.24) is 10.6 Å². The molecule has 0 spiro atoms. The van der Waals surface area contributed by atoms with Crippen molar-refractivity contribution in [2.45, 2.75) is 18.9 Å². The minimum absolute atomic E-state index is 0.0131. The third-order valence-corrected chi connectivity index (χ3v) is 4.71. The van der Waals surface area contributed by atoms with Crippen molar-refractivity contribution in [3.05, 3.63) is 59.1 Å². The fraction of sp³-hybridized carbons (Fsp3) is 0.300. The molecule has 2 N–H and O–H groups in total. The van der Waals surface area contributed by atoms with Gasteiger partial charge in [0.15, 0.2) is 0 Å². The lowest BCUT2D eigenvalue weighted by Gasteiger charge is -2.17. The number of rotatable bonds is 6. The van der Waals surface area contributed by atoms with E-state index in [9.17, 15) is 9.59 Å². The smallest absolute Gasteiger partial charge is 0.315 e. The third kappa shape index (κ3) is 5.14. The maximum atomic E-state index is 12.2. The van der Waals surface area contributed by atoms with Gasteiger partial charge < -0.3 is 20.3 Å². The molecule has 7 heteroatoms. The second-order valence-corrected chi connectivity index (χ2v) is 6.82. The lowest BCUT2D eigenvalue weighted by molar-refractivity contribution is -0.117. The Morgan fingerprint density at radius 1 is 1.19 bits per heavy atom. The lowest BCUT2D eigenvalue weighted by atomic mass is 10.1. The van der Waals surface area contributed by atoms with Crippen LogP contribution in [0.25, 0.3) is 0 Å². The van der Waals surface area contributed by atoms with Crippen LogP contribution in [0.2, 0.25) is 5.02 Å². The normalized spacial score (nSPS) is 16.3. The van der Waals surface area contributed by atoms with E-state index >= 15 is 0 Å². The molecule has 0 radical (unpaired) electrons. The molecule has 3 amide bonds. The molecule has 142 valence electrons. The summed E-state index contributed by atoms with van der Waals surface area (Å²) in [5, 5.41) is 6.32. The van der Waals surface area contributed by atoms with E-state index in [1.54, 1.807) is 36.3 Å². The number of methoxy groups -OCH3 is 1. The number of hydrogen-bond acceptors (Lipinski definition) is 3. The molecule has 2 aromatic carbocycles. The Morgan fingerprint density at radius 2 is 1.89 bits per heavy atom. The molecule has 1 saturated heterocycles. The van der Waals surface area contributed by atoms with Gasteiger partial charge in [0.05, 0.1) is 13.2 Å². The van der Waals surface area contributed by atoms with E-state index in [0.29, 0.717) is 18.1 Å². The van der Waals surface area contributed by atoms with Gasteiger partial charge in [-0.25, -0.2) is 4.79 Å². The molecule has 6 nitrogen and oxygen atoms in total. The number of halogens is 1. The van der Waals surface area contributed by atoms with Crippen LogP contribution in [-0.4, -0.2) is 38.2 Å². The van der Waals surface area contributed by atoms with Crippen molar-refractivity contribution in [3.63, 3.8) is 0 Å². The van der Waals surface area contributed by atoms with Gasteiger partial charge in [0.25, 0.3) is 0 Å². The van der Waals surface area contributed by atoms with Crippen molar-refractivity contribution in [2.75, 3.05) is 25.1 Å². The van der Waals surface area contributed by atoms with Crippen molar-refractivity contribution in [2.24, 2.45) is 0 Å². The molecule has 1 fully saturated rings. The maximum Gasteiger partial charge on any atom is 0.315 e. The maximum absolute atomic E-state index is 12.2. The van der Waals surface area contributed by atoms with Gasteiger partial charge in [-0.15, -0.1) is 0 Å². The van der Waals surface area contributed by atoms with Gasteiger partial charge in [-0.2, -0.15) is 0 Å². The first kappa shape index (κ1) is 19.0. The largest absolute Gasteiger partial charge is 0.497 e. The number of ether oxygens (including phenoxy) is 1. The van der Waals surface area contributed by atoms with Gasteiger partial charge in [-0.05, 0) is 48.4 Å². The summed E-state index contributed by atoms with van der Waals surface area (Å²) in [5.41, 5.74) is 1.90. The van der Waals surface area contributed by atoms with Crippen molar-refractivity contribution in [3.8, 4) is 5.75 Å². The molecule has 1 atom stereocenters. The van der Waals surface area contributed by atoms with Gasteiger partial charge in [-0.3, -0.25) is 4.79 Å². The summed E-state index contributed by atoms with van der Waals surface area (Å²) in [6, 6.07) is 14.3. The zero-order valence-corrected chi connectivity index (χ0v) is 15.8. The number of nitrogens with zero attached hydrogens (tertiary/aromatic N) is 1. The van der Waals surface area contributed by atoms with E-state index in [1.807, 2.05) is 24.3 Å². The Bertz CT molecular complexity index is 793. The summed E-state index contributed by atoms with van der Waals surface area (Å²) in [4.78, 5) is 26.0. The van der Waals surface area contributed by atoms with E-state index in [-0.39, 0.29) is 24.4 Å². The van der Waals surface area contributed by atoms with Crippen LogP contribution in [0.4, 0.5) is 10.5 Å². The van der Waals surface area contributed by atoms with Crippen LogP contribution >= 0.6 is 11.6 Å². The van der Waals surface area contributed by atoms with Crippen molar-refractivity contribution >= 4 is 29.2 Å². The first-order valence-corrected chi connectivity index (χ1v) is 9.16. The number of hydrogen-bond donors (Lipinski definition) is 2. The number of amides is 3. The molecule has 1 aliphatic rings. The van der Waals surface area contributed by atoms with Crippen LogP contribution < -0.4 is 20.3 Å². The molecule has 0 saturated carbocycles. The minimum Gasteiger partial charge on any atom is -0.497 e. The molecule has 27 heavy (non-hydrogen) atoms. The zero-order chi connectivity index (χ0) is 19.2. The summed E-state index contributed by atoms with van der Waals surface area (Å²) in [6.45, 7) is 0.964. The van der Waals surface area contributed by atoms with Gasteiger partial charge >= 0.3 is 6.03 Å². The first-order valence-electron chi connectivity index (χ1n) is 8.78. The number of urea groups is 1. The molecular weight excluding hydrogens is 366 g/mol. The highest BCUT2D eigenvalue weighted by Gasteiger charge is 2.31. The second kappa shape index (κ2) is 8.77. The quantitative estimate of drug-likeness (QED) is 0.800. The predicted molar refractivity (Wildman–Crippen MR) is 105 cm³/mol. The average molecular weight is 388 g/mol. The summed E-state index contributed by atoms with van der Waals surface area (Å²) in [6.07, 6.45) is 1.01. The fourth-order valence-electron chi connectivity index (χ4n) is 3.02. The Kier molecular flexibility index (Phi) is 6.19. The minimum atomic E-state index is -0.265. The molecule has 0 bridgehead atoms. The van der Waals surface area contributed by atoms with Crippen LogP contribution in [0.3, 0.4) is 0 Å². The fourth-order valence-corrected chi connectivity index (χ4v) is 3.15. The van der Waals surface area contributed by atoms with Gasteiger partial charge in [0, 0.05) is 30.2 Å². The third-order valence-electron chi connectivity index (χ3n) is 4.46. The highest BCUT2D eigenvalue weighted by atomic mass is 35.5. The summed E-state index contributed by atoms with van der Waals surface area (Å²) < 4.78 is 5.12. The second-order valence-electron chi connectivity index (χ2n) is 6.38. The number of nitrogens with one attached hydrogen (secondary N) is 2. The molecule has 3 rings (SSSR count). The number of anilines is 1. The predicted octanol–water partition coefficient (Wildman–Crippen LogP) is 3.00. The summed E-state index contributed by atoms with van der Waals surface area (Å²) in [5.74, 6) is 0.793. The van der Waals surface area contributed by atoms with Gasteiger partial charge in [0.2, 0.25) is 5.91 Å². The van der Waals surface area contributed by atoms with Crippen molar-refractivity contribution in [1.29, 1.82) is 0 Å². The van der Waals surface area contributed by atoms with Crippen LogP contribution in [0.1, 0.15) is 12.0 Å². The van der Waals surface area contributed by atoms with Gasteiger partial charge in [0.1, 0.15) is 5.75 Å². The Hall–Kier alpha value is -2.73. The molecule has 1 aliphatic heterocycles. The standard InChI is InChI=1S/C20H22ClN3O3/c1-27-18-8-2-14(3-9-18)10-11-22-20(26)23-16-12-19(25)24(13-16)17-6-4-15(21)5-7-17/h2-9,16H,10-13H2,1H3,(H2,22,23,26). The van der Waals surface area contributed by atoms with Crippen molar-refractivity contribution < 1.29 is 14.3 Å². The Labute approximate surface area is 163 Å². The lowest BCUT2D eigenvalue weighted by Crippen LogP contribution is -2.43. The number of carbonyl (C=O) groups is 2. The topological polar surface area (TPSA) is 70.7 Å². The molecule has 1 unspecified atom stereocenters.